The Morgan fingerprint density at radius 2 is 2.05 bits per heavy atom. The highest BCUT2D eigenvalue weighted by Crippen LogP contribution is 2.43. The van der Waals surface area contributed by atoms with E-state index < -0.39 is 11.8 Å². The van der Waals surface area contributed by atoms with E-state index in [0.29, 0.717) is 11.6 Å². The Hall–Kier alpha value is -1.58. The van der Waals surface area contributed by atoms with E-state index >= 15 is 0 Å². The topological polar surface area (TPSA) is 49.3 Å². The number of nitrogens with one attached hydrogen (secondary N) is 1. The van der Waals surface area contributed by atoms with Crippen molar-refractivity contribution < 1.29 is 14.3 Å². The van der Waals surface area contributed by atoms with Crippen molar-refractivity contribution in [1.29, 1.82) is 0 Å². The molecule has 0 aromatic heterocycles. The highest BCUT2D eigenvalue weighted by atomic mass is 19.1. The van der Waals surface area contributed by atoms with Gasteiger partial charge in [-0.1, -0.05) is 32.8 Å². The maximum atomic E-state index is 13.7. The summed E-state index contributed by atoms with van der Waals surface area (Å²) >= 11 is 0. The summed E-state index contributed by atoms with van der Waals surface area (Å²) in [5, 5.41) is 12.4. The van der Waals surface area contributed by atoms with Crippen molar-refractivity contribution in [3.63, 3.8) is 0 Å². The van der Waals surface area contributed by atoms with Gasteiger partial charge in [0, 0.05) is 6.54 Å². The van der Waals surface area contributed by atoms with E-state index in [9.17, 15) is 9.18 Å². The summed E-state index contributed by atoms with van der Waals surface area (Å²) in [6.45, 7) is 5.14. The lowest BCUT2D eigenvalue weighted by molar-refractivity contribution is 0.0693. The second-order valence-corrected chi connectivity index (χ2v) is 6.63. The van der Waals surface area contributed by atoms with E-state index in [-0.39, 0.29) is 11.0 Å². The predicted molar refractivity (Wildman–Crippen MR) is 82.2 cm³/mol. The minimum absolute atomic E-state index is 0.219. The summed E-state index contributed by atoms with van der Waals surface area (Å²) in [7, 11) is 0. The average Bonchev–Trinajstić information content (AvgIpc) is 2.84. The monoisotopic (exact) mass is 293 g/mol. The molecule has 1 aromatic rings. The summed E-state index contributed by atoms with van der Waals surface area (Å²) in [4.78, 5) is 11.2. The maximum absolute atomic E-state index is 13.7. The molecule has 2 N–H and O–H groups in total. The molecule has 1 saturated carbocycles. The summed E-state index contributed by atoms with van der Waals surface area (Å²) in [5.41, 5.74) is 0.351. The molecule has 0 unspecified atom stereocenters. The zero-order chi connectivity index (χ0) is 15.5. The first-order valence-corrected chi connectivity index (χ1v) is 7.69. The van der Waals surface area contributed by atoms with Crippen LogP contribution in [-0.2, 0) is 0 Å². The Labute approximate surface area is 125 Å². The molecule has 0 radical (unpaired) electrons. The SMILES string of the molecule is CC(C)CC1(CNc2cccc(F)c2C(=O)O)CCCC1. The van der Waals surface area contributed by atoms with Gasteiger partial charge in [0.1, 0.15) is 11.4 Å². The third-order valence-electron chi connectivity index (χ3n) is 4.39. The largest absolute Gasteiger partial charge is 0.478 e. The molecule has 0 heterocycles. The van der Waals surface area contributed by atoms with Crippen molar-refractivity contribution in [3.8, 4) is 0 Å². The fraction of sp³-hybridized carbons (Fsp3) is 0.588. The van der Waals surface area contributed by atoms with E-state index in [1.54, 1.807) is 12.1 Å². The van der Waals surface area contributed by atoms with Gasteiger partial charge in [0.15, 0.2) is 0 Å². The van der Waals surface area contributed by atoms with E-state index in [1.807, 2.05) is 0 Å². The Morgan fingerprint density at radius 1 is 1.38 bits per heavy atom. The Kier molecular flexibility index (Phi) is 4.86. The number of hydrogen-bond acceptors (Lipinski definition) is 2. The normalized spacial score (nSPS) is 17.1. The molecule has 0 aliphatic heterocycles. The minimum Gasteiger partial charge on any atom is -0.478 e. The molecule has 0 atom stereocenters. The van der Waals surface area contributed by atoms with Crippen LogP contribution >= 0.6 is 0 Å². The molecule has 1 fully saturated rings. The molecule has 1 aliphatic rings. The zero-order valence-electron chi connectivity index (χ0n) is 12.8. The van der Waals surface area contributed by atoms with Gasteiger partial charge < -0.3 is 10.4 Å². The first kappa shape index (κ1) is 15.8. The number of benzene rings is 1. The van der Waals surface area contributed by atoms with Crippen molar-refractivity contribution in [2.75, 3.05) is 11.9 Å². The van der Waals surface area contributed by atoms with Crippen molar-refractivity contribution in [3.05, 3.63) is 29.6 Å². The van der Waals surface area contributed by atoms with Gasteiger partial charge in [-0.15, -0.1) is 0 Å². The summed E-state index contributed by atoms with van der Waals surface area (Å²) in [5.74, 6) is -1.30. The van der Waals surface area contributed by atoms with Gasteiger partial charge in [-0.25, -0.2) is 9.18 Å². The van der Waals surface area contributed by atoms with Crippen LogP contribution in [0.15, 0.2) is 18.2 Å². The highest BCUT2D eigenvalue weighted by molar-refractivity contribution is 5.94. The first-order valence-electron chi connectivity index (χ1n) is 7.69. The lowest BCUT2D eigenvalue weighted by atomic mass is 9.78. The predicted octanol–water partition coefficient (Wildman–Crippen LogP) is 4.54. The minimum atomic E-state index is -1.22. The van der Waals surface area contributed by atoms with Crippen molar-refractivity contribution in [2.45, 2.75) is 46.0 Å². The fourth-order valence-electron chi connectivity index (χ4n) is 3.62. The molecule has 3 nitrogen and oxygen atoms in total. The highest BCUT2D eigenvalue weighted by Gasteiger charge is 2.34. The van der Waals surface area contributed by atoms with Crippen LogP contribution < -0.4 is 5.32 Å². The number of carboxylic acid groups (broad SMARTS) is 1. The third-order valence-corrected chi connectivity index (χ3v) is 4.39. The lowest BCUT2D eigenvalue weighted by Crippen LogP contribution is -2.29. The summed E-state index contributed by atoms with van der Waals surface area (Å²) < 4.78 is 13.7. The lowest BCUT2D eigenvalue weighted by Gasteiger charge is -2.32. The second-order valence-electron chi connectivity index (χ2n) is 6.63. The van der Waals surface area contributed by atoms with Crippen LogP contribution in [0.3, 0.4) is 0 Å². The summed E-state index contributed by atoms with van der Waals surface area (Å²) in [6, 6.07) is 4.38. The molecule has 0 amide bonds. The molecule has 0 spiro atoms. The first-order chi connectivity index (χ1) is 9.93. The number of carboxylic acids is 1. The van der Waals surface area contributed by atoms with Gasteiger partial charge in [0.05, 0.1) is 5.69 Å². The van der Waals surface area contributed by atoms with Crippen LogP contribution in [0.25, 0.3) is 0 Å². The number of halogens is 1. The van der Waals surface area contributed by atoms with Gasteiger partial charge in [0.2, 0.25) is 0 Å². The maximum Gasteiger partial charge on any atom is 0.340 e. The van der Waals surface area contributed by atoms with Gasteiger partial charge in [-0.05, 0) is 42.7 Å². The quantitative estimate of drug-likeness (QED) is 0.809. The Bertz CT molecular complexity index is 508. The number of carbonyl (C=O) groups is 1. The number of hydrogen-bond donors (Lipinski definition) is 2. The van der Waals surface area contributed by atoms with E-state index in [4.69, 9.17) is 5.11 Å². The van der Waals surface area contributed by atoms with Crippen LogP contribution in [-0.4, -0.2) is 17.6 Å². The molecule has 0 saturated heterocycles. The van der Waals surface area contributed by atoms with Crippen LogP contribution in [0.1, 0.15) is 56.3 Å². The van der Waals surface area contributed by atoms with Crippen molar-refractivity contribution in [1.82, 2.24) is 0 Å². The molecule has 1 aliphatic carbocycles. The van der Waals surface area contributed by atoms with Crippen LogP contribution in [0.4, 0.5) is 10.1 Å². The van der Waals surface area contributed by atoms with Crippen LogP contribution in [0.5, 0.6) is 0 Å². The zero-order valence-corrected chi connectivity index (χ0v) is 12.8. The Balaban J connectivity index is 2.15. The molecular formula is C17H24FNO2. The van der Waals surface area contributed by atoms with Gasteiger partial charge in [-0.3, -0.25) is 0 Å². The standard InChI is InChI=1S/C17H24FNO2/c1-12(2)10-17(8-3-4-9-17)11-19-14-7-5-6-13(18)15(14)16(20)21/h5-7,12,19H,3-4,8-11H2,1-2H3,(H,20,21). The molecule has 4 heteroatoms. The average molecular weight is 293 g/mol. The van der Waals surface area contributed by atoms with Crippen LogP contribution in [0, 0.1) is 17.2 Å². The second kappa shape index (κ2) is 6.46. The van der Waals surface area contributed by atoms with E-state index in [1.165, 1.54) is 18.9 Å². The molecule has 2 rings (SSSR count). The number of rotatable bonds is 6. The van der Waals surface area contributed by atoms with Crippen molar-refractivity contribution >= 4 is 11.7 Å². The molecule has 1 aromatic carbocycles. The summed E-state index contributed by atoms with van der Waals surface area (Å²) in [6.07, 6.45) is 5.90. The molecule has 21 heavy (non-hydrogen) atoms. The molecule has 0 bridgehead atoms. The molecule has 116 valence electrons. The third kappa shape index (κ3) is 3.74. The van der Waals surface area contributed by atoms with E-state index in [0.717, 1.165) is 25.8 Å². The van der Waals surface area contributed by atoms with E-state index in [2.05, 4.69) is 19.2 Å². The fourth-order valence-corrected chi connectivity index (χ4v) is 3.62. The van der Waals surface area contributed by atoms with Gasteiger partial charge in [-0.2, -0.15) is 0 Å². The number of anilines is 1. The Morgan fingerprint density at radius 3 is 2.62 bits per heavy atom. The van der Waals surface area contributed by atoms with Gasteiger partial charge in [0.25, 0.3) is 0 Å². The van der Waals surface area contributed by atoms with Crippen LogP contribution in [0.2, 0.25) is 0 Å². The molecular weight excluding hydrogens is 269 g/mol. The smallest absolute Gasteiger partial charge is 0.340 e. The van der Waals surface area contributed by atoms with Crippen molar-refractivity contribution in [2.24, 2.45) is 11.3 Å². The van der Waals surface area contributed by atoms with Gasteiger partial charge >= 0.3 is 5.97 Å². The number of aromatic carboxylic acids is 1.